The molecule has 1 aromatic rings. The summed E-state index contributed by atoms with van der Waals surface area (Å²) >= 11 is 0. The Balaban J connectivity index is 3.41. The molecule has 13 heavy (non-hydrogen) atoms. The van der Waals surface area contributed by atoms with Gasteiger partial charge in [0.2, 0.25) is 0 Å². The van der Waals surface area contributed by atoms with Gasteiger partial charge in [0.05, 0.1) is 4.90 Å². The molecule has 0 aliphatic rings. The van der Waals surface area contributed by atoms with E-state index < -0.39 is 10.1 Å². The summed E-state index contributed by atoms with van der Waals surface area (Å²) in [5.74, 6) is 0. The summed E-state index contributed by atoms with van der Waals surface area (Å²) in [4.78, 5) is -0.164. The van der Waals surface area contributed by atoms with E-state index in [0.717, 1.165) is 5.56 Å². The second kappa shape index (κ2) is 3.45. The molecular formula is C8H10NO3S. The van der Waals surface area contributed by atoms with Crippen molar-refractivity contribution in [3.8, 4) is 0 Å². The molecule has 0 saturated carbocycles. The highest BCUT2D eigenvalue weighted by Crippen LogP contribution is 2.16. The molecule has 0 aromatic heterocycles. The largest absolute Gasteiger partial charge is 0.294 e. The molecule has 1 radical (unpaired) electrons. The van der Waals surface area contributed by atoms with Crippen molar-refractivity contribution < 1.29 is 13.0 Å². The van der Waals surface area contributed by atoms with Gasteiger partial charge in [0.25, 0.3) is 10.1 Å². The maximum atomic E-state index is 10.8. The number of hydrogen-bond acceptors (Lipinski definition) is 2. The van der Waals surface area contributed by atoms with Crippen LogP contribution in [0.25, 0.3) is 0 Å². The van der Waals surface area contributed by atoms with Crippen molar-refractivity contribution in [3.63, 3.8) is 0 Å². The van der Waals surface area contributed by atoms with E-state index in [0.29, 0.717) is 5.56 Å². The fourth-order valence-corrected chi connectivity index (χ4v) is 1.85. The van der Waals surface area contributed by atoms with Crippen molar-refractivity contribution in [1.29, 1.82) is 0 Å². The normalized spacial score (nSPS) is 11.6. The van der Waals surface area contributed by atoms with Crippen LogP contribution >= 0.6 is 0 Å². The molecule has 0 amide bonds. The zero-order valence-corrected chi connectivity index (χ0v) is 7.93. The minimum atomic E-state index is -4.19. The Morgan fingerprint density at radius 2 is 2.08 bits per heavy atom. The van der Waals surface area contributed by atoms with E-state index in [2.05, 4.69) is 0 Å². The molecular weight excluding hydrogens is 190 g/mol. The van der Waals surface area contributed by atoms with E-state index >= 15 is 0 Å². The van der Waals surface area contributed by atoms with Crippen LogP contribution in [0.2, 0.25) is 0 Å². The predicted octanol–water partition coefficient (Wildman–Crippen LogP) is 1.02. The number of rotatable bonds is 2. The average Bonchev–Trinajstić information content (AvgIpc) is 2.03. The Hall–Kier alpha value is -0.910. The van der Waals surface area contributed by atoms with Crippen LogP contribution in [-0.4, -0.2) is 13.0 Å². The quantitative estimate of drug-likeness (QED) is 0.724. The number of hydrogen-bond donors (Lipinski definition) is 1. The minimum absolute atomic E-state index is 0.157. The van der Waals surface area contributed by atoms with Crippen molar-refractivity contribution in [2.75, 3.05) is 0 Å². The molecule has 0 heterocycles. The van der Waals surface area contributed by atoms with Crippen molar-refractivity contribution in [3.05, 3.63) is 29.3 Å². The molecule has 5 heteroatoms. The van der Waals surface area contributed by atoms with Crippen molar-refractivity contribution in [2.24, 2.45) is 0 Å². The molecule has 0 aliphatic heterocycles. The first-order valence-corrected chi connectivity index (χ1v) is 5.11. The summed E-state index contributed by atoms with van der Waals surface area (Å²) in [7, 11) is -4.19. The molecule has 1 aromatic carbocycles. The van der Waals surface area contributed by atoms with Gasteiger partial charge in [0.15, 0.2) is 0 Å². The molecule has 71 valence electrons. The van der Waals surface area contributed by atoms with Gasteiger partial charge in [-0.2, -0.15) is 8.42 Å². The maximum Gasteiger partial charge on any atom is 0.294 e. The molecule has 0 aliphatic carbocycles. The fourth-order valence-electron chi connectivity index (χ4n) is 1.05. The van der Waals surface area contributed by atoms with E-state index in [9.17, 15) is 8.42 Å². The Morgan fingerprint density at radius 1 is 1.46 bits per heavy atom. The fraction of sp³-hybridized carbons (Fsp3) is 0.250. The van der Waals surface area contributed by atoms with Gasteiger partial charge in [0, 0.05) is 6.54 Å². The third kappa shape index (κ3) is 2.27. The smallest absolute Gasteiger partial charge is 0.282 e. The first kappa shape index (κ1) is 10.2. The van der Waals surface area contributed by atoms with Crippen LogP contribution in [0.5, 0.6) is 0 Å². The molecule has 1 rings (SSSR count). The highest BCUT2D eigenvalue weighted by atomic mass is 32.2. The van der Waals surface area contributed by atoms with Crippen molar-refractivity contribution in [2.45, 2.75) is 18.4 Å². The lowest BCUT2D eigenvalue weighted by atomic mass is 10.1. The summed E-state index contributed by atoms with van der Waals surface area (Å²) in [5, 5.41) is 0. The van der Waals surface area contributed by atoms with Gasteiger partial charge in [-0.3, -0.25) is 10.3 Å². The Bertz CT molecular complexity index is 411. The second-order valence-electron chi connectivity index (χ2n) is 2.76. The van der Waals surface area contributed by atoms with Crippen LogP contribution in [0.15, 0.2) is 23.1 Å². The lowest BCUT2D eigenvalue weighted by Gasteiger charge is -2.04. The van der Waals surface area contributed by atoms with Crippen LogP contribution in [0, 0.1) is 6.92 Å². The topological polar surface area (TPSA) is 78.2 Å². The van der Waals surface area contributed by atoms with E-state index in [1.165, 1.54) is 12.1 Å². The lowest BCUT2D eigenvalue weighted by molar-refractivity contribution is 0.482. The summed E-state index contributed by atoms with van der Waals surface area (Å²) in [6.45, 7) is 1.57. The van der Waals surface area contributed by atoms with Crippen LogP contribution < -0.4 is 5.73 Å². The average molecular weight is 200 g/mol. The van der Waals surface area contributed by atoms with Gasteiger partial charge in [-0.25, -0.2) is 0 Å². The first-order valence-electron chi connectivity index (χ1n) is 3.67. The van der Waals surface area contributed by atoms with Gasteiger partial charge in [-0.1, -0.05) is 12.1 Å². The highest BCUT2D eigenvalue weighted by molar-refractivity contribution is 7.85. The Kier molecular flexibility index (Phi) is 2.70. The van der Waals surface area contributed by atoms with E-state index in [1.807, 2.05) is 0 Å². The van der Waals surface area contributed by atoms with E-state index in [4.69, 9.17) is 10.3 Å². The van der Waals surface area contributed by atoms with Crippen LogP contribution in [0.1, 0.15) is 11.1 Å². The van der Waals surface area contributed by atoms with Crippen LogP contribution in [-0.2, 0) is 16.7 Å². The zero-order valence-electron chi connectivity index (χ0n) is 7.11. The van der Waals surface area contributed by atoms with Crippen LogP contribution in [0.4, 0.5) is 0 Å². The van der Waals surface area contributed by atoms with Gasteiger partial charge >= 0.3 is 0 Å². The first-order chi connectivity index (χ1) is 5.95. The third-order valence-electron chi connectivity index (χ3n) is 1.69. The summed E-state index contributed by atoms with van der Waals surface area (Å²) in [6, 6.07) is 4.60. The molecule has 0 fully saturated rings. The molecule has 2 N–H and O–H groups in total. The summed E-state index contributed by atoms with van der Waals surface area (Å²) in [6.07, 6.45) is 0. The Labute approximate surface area is 77.1 Å². The number of nitrogens with one attached hydrogen (secondary N) is 1. The summed E-state index contributed by atoms with van der Waals surface area (Å²) in [5.41, 5.74) is 8.11. The predicted molar refractivity (Wildman–Crippen MR) is 47.8 cm³/mol. The van der Waals surface area contributed by atoms with Gasteiger partial charge in [-0.05, 0) is 24.1 Å². The monoisotopic (exact) mass is 200 g/mol. The van der Waals surface area contributed by atoms with Crippen molar-refractivity contribution in [1.82, 2.24) is 5.73 Å². The summed E-state index contributed by atoms with van der Waals surface area (Å²) < 4.78 is 30.5. The maximum absolute atomic E-state index is 10.8. The molecule has 0 spiro atoms. The molecule has 0 bridgehead atoms. The zero-order chi connectivity index (χ0) is 10.1. The SMILES string of the molecule is Cc1ccc(C[NH])c(S(=O)(=O)O)c1. The molecule has 0 saturated heterocycles. The van der Waals surface area contributed by atoms with E-state index in [1.54, 1.807) is 13.0 Å². The minimum Gasteiger partial charge on any atom is -0.282 e. The van der Waals surface area contributed by atoms with Gasteiger partial charge < -0.3 is 0 Å². The third-order valence-corrected chi connectivity index (χ3v) is 2.63. The highest BCUT2D eigenvalue weighted by Gasteiger charge is 2.14. The van der Waals surface area contributed by atoms with Crippen molar-refractivity contribution >= 4 is 10.1 Å². The number of benzene rings is 1. The molecule has 0 atom stereocenters. The standard InChI is InChI=1S/C8H10NO3S/c1-6-2-3-7(5-9)8(4-6)13(10,11)12/h2-4,9H,5H2,1H3,(H,10,11,12). The van der Waals surface area contributed by atoms with Gasteiger partial charge in [-0.15, -0.1) is 0 Å². The Morgan fingerprint density at radius 3 is 2.54 bits per heavy atom. The van der Waals surface area contributed by atoms with Crippen LogP contribution in [0.3, 0.4) is 0 Å². The molecule has 0 unspecified atom stereocenters. The second-order valence-corrected chi connectivity index (χ2v) is 4.15. The number of aryl methyl sites for hydroxylation is 1. The molecule has 4 nitrogen and oxygen atoms in total. The van der Waals surface area contributed by atoms with Gasteiger partial charge in [0.1, 0.15) is 0 Å². The van der Waals surface area contributed by atoms with E-state index in [-0.39, 0.29) is 11.4 Å². The lowest BCUT2D eigenvalue weighted by Crippen LogP contribution is -2.04.